The van der Waals surface area contributed by atoms with E-state index in [0.717, 1.165) is 41.5 Å². The average molecular weight is 445 g/mol. The van der Waals surface area contributed by atoms with Crippen molar-refractivity contribution in [2.45, 2.75) is 40.3 Å². The predicted octanol–water partition coefficient (Wildman–Crippen LogP) is 6.06. The number of amidine groups is 1. The molecule has 0 aliphatic heterocycles. The van der Waals surface area contributed by atoms with E-state index in [1.165, 1.54) is 0 Å². The molecule has 1 aromatic carbocycles. The molecule has 0 aliphatic rings. The predicted molar refractivity (Wildman–Crippen MR) is 122 cm³/mol. The maximum absolute atomic E-state index is 12.9. The van der Waals surface area contributed by atoms with E-state index in [2.05, 4.69) is 29.1 Å². The lowest BCUT2D eigenvalue weighted by Gasteiger charge is -2.19. The van der Waals surface area contributed by atoms with Gasteiger partial charge in [-0.2, -0.15) is 13.2 Å². The van der Waals surface area contributed by atoms with Crippen LogP contribution >= 0.6 is 0 Å². The summed E-state index contributed by atoms with van der Waals surface area (Å²) in [7, 11) is 0. The van der Waals surface area contributed by atoms with Crippen molar-refractivity contribution < 1.29 is 18.0 Å². The zero-order valence-electron chi connectivity index (χ0n) is 18.5. The number of rotatable bonds is 7. The third kappa shape index (κ3) is 6.29. The number of nitrogens with two attached hydrogens (primary N) is 1. The molecule has 5 nitrogen and oxygen atoms in total. The number of allylic oxidation sites excluding steroid dienone is 2. The lowest BCUT2D eigenvalue weighted by atomic mass is 9.87. The first-order chi connectivity index (χ1) is 15.1. The molecule has 3 N–H and O–H groups in total. The molecule has 1 atom stereocenters. The smallest absolute Gasteiger partial charge is 0.383 e. The van der Waals surface area contributed by atoms with Gasteiger partial charge in [-0.25, -0.2) is 9.98 Å². The van der Waals surface area contributed by atoms with Crippen LogP contribution in [0.5, 0.6) is 0 Å². The van der Waals surface area contributed by atoms with Crippen LogP contribution in [0.4, 0.5) is 19.0 Å². The number of pyridine rings is 1. The van der Waals surface area contributed by atoms with Crippen molar-refractivity contribution in [3.63, 3.8) is 0 Å². The third-order valence-corrected chi connectivity index (χ3v) is 5.04. The summed E-state index contributed by atoms with van der Waals surface area (Å²) in [5.74, 6) is -0.111. The summed E-state index contributed by atoms with van der Waals surface area (Å²) in [6, 6.07) is 8.47. The van der Waals surface area contributed by atoms with Crippen LogP contribution in [-0.4, -0.2) is 16.7 Å². The first-order valence-electron chi connectivity index (χ1n) is 10.2. The van der Waals surface area contributed by atoms with E-state index >= 15 is 0 Å². The second-order valence-electron chi connectivity index (χ2n) is 7.30. The molecule has 1 unspecified atom stereocenters. The van der Waals surface area contributed by atoms with Crippen LogP contribution in [0.3, 0.4) is 0 Å². The first-order valence-corrected chi connectivity index (χ1v) is 10.2. The van der Waals surface area contributed by atoms with Crippen LogP contribution in [0.25, 0.3) is 5.57 Å². The van der Waals surface area contributed by atoms with Gasteiger partial charge in [0.2, 0.25) is 0 Å². The lowest BCUT2D eigenvalue weighted by Crippen LogP contribution is -2.17. The quantitative estimate of drug-likeness (QED) is 0.402. The molecule has 0 saturated heterocycles. The molecular formula is C24H27F3N4O. The fourth-order valence-corrected chi connectivity index (χ4v) is 3.13. The van der Waals surface area contributed by atoms with Crippen molar-refractivity contribution in [2.75, 3.05) is 5.32 Å². The molecule has 0 radical (unpaired) electrons. The Kier molecular flexibility index (Phi) is 8.34. The van der Waals surface area contributed by atoms with Crippen molar-refractivity contribution in [2.24, 2.45) is 16.6 Å². The van der Waals surface area contributed by atoms with Crippen molar-refractivity contribution >= 4 is 23.1 Å². The van der Waals surface area contributed by atoms with E-state index < -0.39 is 17.6 Å². The van der Waals surface area contributed by atoms with Crippen LogP contribution in [0, 0.1) is 5.92 Å². The lowest BCUT2D eigenvalue weighted by molar-refractivity contribution is -0.137. The van der Waals surface area contributed by atoms with E-state index in [1.807, 2.05) is 13.8 Å². The SMILES string of the molecule is C\C=C/N=C(N)/C(C)=C(\c1ccc(C(=O)Nc2cc(C(F)(F)F)ccn2)cc1)C(C)CC. The van der Waals surface area contributed by atoms with E-state index in [9.17, 15) is 18.0 Å². The maximum atomic E-state index is 12.9. The summed E-state index contributed by atoms with van der Waals surface area (Å²) in [5, 5.41) is 2.41. The minimum Gasteiger partial charge on any atom is -0.383 e. The summed E-state index contributed by atoms with van der Waals surface area (Å²) in [6.07, 6.45) is 0.789. The molecular weight excluding hydrogens is 417 g/mol. The summed E-state index contributed by atoms with van der Waals surface area (Å²) in [6.45, 7) is 7.91. The standard InChI is InChI=1S/C24H27F3N4O/c1-5-12-30-22(28)16(4)21(15(3)6-2)17-7-9-18(10-8-17)23(32)31-20-14-19(11-13-29-20)24(25,26)27/h5,7-15H,6H2,1-4H3,(H2,28,30)(H,29,31,32)/b12-5-,21-16-. The first kappa shape index (κ1) is 24.8. The number of nitrogens with one attached hydrogen (secondary N) is 1. The highest BCUT2D eigenvalue weighted by Gasteiger charge is 2.30. The highest BCUT2D eigenvalue weighted by molar-refractivity contribution is 6.05. The Hall–Kier alpha value is -3.42. The average Bonchev–Trinajstić information content (AvgIpc) is 2.77. The number of halogens is 3. The molecule has 2 aromatic rings. The maximum Gasteiger partial charge on any atom is 0.416 e. The molecule has 0 saturated carbocycles. The second kappa shape index (κ2) is 10.7. The van der Waals surface area contributed by atoms with Gasteiger partial charge in [-0.1, -0.05) is 32.1 Å². The molecule has 0 aliphatic carbocycles. The van der Waals surface area contributed by atoms with Crippen LogP contribution in [0.1, 0.15) is 55.6 Å². The van der Waals surface area contributed by atoms with Gasteiger partial charge < -0.3 is 11.1 Å². The number of hydrogen-bond acceptors (Lipinski definition) is 3. The number of amides is 1. The van der Waals surface area contributed by atoms with Crippen molar-refractivity contribution in [1.82, 2.24) is 4.98 Å². The van der Waals surface area contributed by atoms with Gasteiger partial charge in [-0.3, -0.25) is 4.79 Å². The zero-order valence-corrected chi connectivity index (χ0v) is 18.5. The summed E-state index contributed by atoms with van der Waals surface area (Å²) in [5.41, 5.74) is 8.31. The van der Waals surface area contributed by atoms with Gasteiger partial charge in [0.1, 0.15) is 11.7 Å². The van der Waals surface area contributed by atoms with E-state index in [4.69, 9.17) is 5.73 Å². The normalized spacial score (nSPS) is 14.3. The Balaban J connectivity index is 2.31. The van der Waals surface area contributed by atoms with Gasteiger partial charge in [0, 0.05) is 18.0 Å². The van der Waals surface area contributed by atoms with Gasteiger partial charge in [-0.15, -0.1) is 0 Å². The van der Waals surface area contributed by atoms with Crippen LogP contribution in [-0.2, 0) is 6.18 Å². The number of aromatic nitrogens is 1. The molecule has 170 valence electrons. The summed E-state index contributed by atoms with van der Waals surface area (Å²) < 4.78 is 38.6. The largest absolute Gasteiger partial charge is 0.416 e. The molecule has 1 amide bonds. The molecule has 0 bridgehead atoms. The zero-order chi connectivity index (χ0) is 23.9. The van der Waals surface area contributed by atoms with Crippen LogP contribution in [0.2, 0.25) is 0 Å². The number of carbonyl (C=O) groups excluding carboxylic acids is 1. The molecule has 2 rings (SSSR count). The fourth-order valence-electron chi connectivity index (χ4n) is 3.13. The molecule has 0 fully saturated rings. The van der Waals surface area contributed by atoms with Crippen LogP contribution in [0.15, 0.2) is 65.4 Å². The molecule has 32 heavy (non-hydrogen) atoms. The Morgan fingerprint density at radius 1 is 1.22 bits per heavy atom. The van der Waals surface area contributed by atoms with Gasteiger partial charge in [-0.05, 0) is 67.2 Å². The number of carbonyl (C=O) groups is 1. The number of benzene rings is 1. The topological polar surface area (TPSA) is 80.4 Å². The second-order valence-corrected chi connectivity index (χ2v) is 7.30. The van der Waals surface area contributed by atoms with Crippen LogP contribution < -0.4 is 11.1 Å². The monoisotopic (exact) mass is 444 g/mol. The number of hydrogen-bond donors (Lipinski definition) is 2. The Morgan fingerprint density at radius 2 is 1.84 bits per heavy atom. The number of alkyl halides is 3. The number of anilines is 1. The third-order valence-electron chi connectivity index (χ3n) is 5.04. The Morgan fingerprint density at radius 3 is 2.41 bits per heavy atom. The van der Waals surface area contributed by atoms with Gasteiger partial charge >= 0.3 is 6.18 Å². The molecule has 1 heterocycles. The molecule has 8 heteroatoms. The number of aliphatic imine (C=N–C) groups is 1. The minimum absolute atomic E-state index is 0.169. The Labute approximate surface area is 186 Å². The number of nitrogens with zero attached hydrogens (tertiary/aromatic N) is 2. The summed E-state index contributed by atoms with van der Waals surface area (Å²) in [4.78, 5) is 20.5. The minimum atomic E-state index is -4.52. The molecule has 1 aromatic heterocycles. The van der Waals surface area contributed by atoms with Gasteiger partial charge in [0.15, 0.2) is 0 Å². The Bertz CT molecular complexity index is 1040. The summed E-state index contributed by atoms with van der Waals surface area (Å²) >= 11 is 0. The van der Waals surface area contributed by atoms with E-state index in [1.54, 1.807) is 36.5 Å². The van der Waals surface area contributed by atoms with Crippen molar-refractivity contribution in [3.8, 4) is 0 Å². The molecule has 0 spiro atoms. The van der Waals surface area contributed by atoms with Crippen molar-refractivity contribution in [3.05, 3.63) is 77.1 Å². The van der Waals surface area contributed by atoms with Gasteiger partial charge in [0.05, 0.1) is 5.56 Å². The van der Waals surface area contributed by atoms with E-state index in [0.29, 0.717) is 11.4 Å². The highest BCUT2D eigenvalue weighted by Crippen LogP contribution is 2.31. The highest BCUT2D eigenvalue weighted by atomic mass is 19.4. The fraction of sp³-hybridized carbons (Fsp3) is 0.292. The van der Waals surface area contributed by atoms with E-state index in [-0.39, 0.29) is 11.7 Å². The van der Waals surface area contributed by atoms with Gasteiger partial charge in [0.25, 0.3) is 5.91 Å². The van der Waals surface area contributed by atoms with Crippen molar-refractivity contribution in [1.29, 1.82) is 0 Å².